The van der Waals surface area contributed by atoms with Gasteiger partial charge in [-0.1, -0.05) is 0 Å². The Morgan fingerprint density at radius 3 is 2.45 bits per heavy atom. The van der Waals surface area contributed by atoms with Crippen LogP contribution >= 0.6 is 0 Å². The van der Waals surface area contributed by atoms with E-state index in [-0.39, 0.29) is 31.4 Å². The third-order valence-corrected chi connectivity index (χ3v) is 1.34. The van der Waals surface area contributed by atoms with E-state index in [1.807, 2.05) is 0 Å². The number of imide groups is 1. The van der Waals surface area contributed by atoms with E-state index in [4.69, 9.17) is 4.84 Å². The summed E-state index contributed by atoms with van der Waals surface area (Å²) in [7, 11) is 1.67. The minimum absolute atomic E-state index is 0.178. The largest absolute Gasteiger partial charge is 0.296 e. The van der Waals surface area contributed by atoms with Gasteiger partial charge in [-0.15, -0.1) is 0 Å². The quantitative estimate of drug-likeness (QED) is 0.433. The zero-order valence-corrected chi connectivity index (χ0v) is 6.29. The lowest BCUT2D eigenvalue weighted by Gasteiger charge is -2.11. The van der Waals surface area contributed by atoms with E-state index < -0.39 is 0 Å². The first-order valence-corrected chi connectivity index (χ1v) is 3.39. The number of carbonyl (C=O) groups is 2. The molecule has 1 rings (SSSR count). The highest BCUT2D eigenvalue weighted by Gasteiger charge is 2.29. The summed E-state index contributed by atoms with van der Waals surface area (Å²) in [5.41, 5.74) is 0. The molecule has 0 aliphatic carbocycles. The molecule has 0 unspecified atom stereocenters. The van der Waals surface area contributed by atoms with Crippen LogP contribution in [0, 0.1) is 0 Å². The first kappa shape index (κ1) is 8.16. The third-order valence-electron chi connectivity index (χ3n) is 1.34. The summed E-state index contributed by atoms with van der Waals surface area (Å²) >= 11 is 0. The molecule has 0 radical (unpaired) electrons. The minimum atomic E-state index is -0.259. The molecule has 0 bridgehead atoms. The van der Waals surface area contributed by atoms with Gasteiger partial charge in [0.25, 0.3) is 11.8 Å². The van der Waals surface area contributed by atoms with Crippen molar-refractivity contribution in [3.63, 3.8) is 0 Å². The van der Waals surface area contributed by atoms with Gasteiger partial charge < -0.3 is 0 Å². The highest BCUT2D eigenvalue weighted by Crippen LogP contribution is 2.10. The monoisotopic (exact) mass is 158 g/mol. The molecule has 1 aliphatic rings. The molecular weight excluding hydrogens is 148 g/mol. The Hall–Kier alpha value is -0.940. The second-order valence-corrected chi connectivity index (χ2v) is 2.21. The summed E-state index contributed by atoms with van der Waals surface area (Å²) in [4.78, 5) is 26.5. The molecule has 1 N–H and O–H groups in total. The Bertz CT molecular complexity index is 165. The molecule has 1 fully saturated rings. The van der Waals surface area contributed by atoms with Gasteiger partial charge in [0.05, 0.1) is 0 Å². The van der Waals surface area contributed by atoms with E-state index in [1.54, 1.807) is 7.05 Å². The Kier molecular flexibility index (Phi) is 2.56. The van der Waals surface area contributed by atoms with E-state index in [2.05, 4.69) is 5.32 Å². The minimum Gasteiger partial charge on any atom is -0.296 e. The Balaban J connectivity index is 2.41. The molecule has 5 nitrogen and oxygen atoms in total. The average Bonchev–Trinajstić information content (AvgIpc) is 2.29. The van der Waals surface area contributed by atoms with Crippen molar-refractivity contribution in [1.29, 1.82) is 0 Å². The van der Waals surface area contributed by atoms with Gasteiger partial charge in [0.1, 0.15) is 6.73 Å². The molecular formula is C6H10N2O3. The number of nitrogens with zero attached hydrogens (tertiary/aromatic N) is 1. The smallest absolute Gasteiger partial charge is 0.254 e. The van der Waals surface area contributed by atoms with E-state index in [0.29, 0.717) is 0 Å². The van der Waals surface area contributed by atoms with Gasteiger partial charge in [0.15, 0.2) is 0 Å². The molecule has 62 valence electrons. The molecule has 0 aromatic carbocycles. The Morgan fingerprint density at radius 1 is 1.45 bits per heavy atom. The maximum atomic E-state index is 10.8. The van der Waals surface area contributed by atoms with E-state index in [0.717, 1.165) is 5.06 Å². The number of hydroxylamine groups is 2. The predicted molar refractivity (Wildman–Crippen MR) is 36.1 cm³/mol. The zero-order valence-electron chi connectivity index (χ0n) is 6.29. The van der Waals surface area contributed by atoms with Crippen LogP contribution in [0.1, 0.15) is 12.8 Å². The molecule has 1 saturated heterocycles. The topological polar surface area (TPSA) is 58.6 Å². The Morgan fingerprint density at radius 2 is 2.00 bits per heavy atom. The molecule has 1 heterocycles. The van der Waals surface area contributed by atoms with Crippen molar-refractivity contribution in [2.24, 2.45) is 0 Å². The number of rotatable bonds is 3. The van der Waals surface area contributed by atoms with Crippen molar-refractivity contribution in [2.75, 3.05) is 13.8 Å². The lowest BCUT2D eigenvalue weighted by molar-refractivity contribution is -0.189. The SMILES string of the molecule is CNCON1C(=O)CCC1=O. The van der Waals surface area contributed by atoms with E-state index in [1.165, 1.54) is 0 Å². The zero-order chi connectivity index (χ0) is 8.27. The van der Waals surface area contributed by atoms with E-state index in [9.17, 15) is 9.59 Å². The number of hydrogen-bond acceptors (Lipinski definition) is 4. The van der Waals surface area contributed by atoms with Gasteiger partial charge in [-0.05, 0) is 7.05 Å². The lowest BCUT2D eigenvalue weighted by Crippen LogP contribution is -2.32. The van der Waals surface area contributed by atoms with Crippen molar-refractivity contribution >= 4 is 11.8 Å². The summed E-state index contributed by atoms with van der Waals surface area (Å²) in [5, 5.41) is 3.48. The van der Waals surface area contributed by atoms with Gasteiger partial charge in [-0.3, -0.25) is 14.9 Å². The van der Waals surface area contributed by atoms with Crippen molar-refractivity contribution < 1.29 is 14.4 Å². The highest BCUT2D eigenvalue weighted by molar-refractivity contribution is 6.00. The molecule has 0 aromatic heterocycles. The van der Waals surface area contributed by atoms with Crippen LogP contribution in [0.4, 0.5) is 0 Å². The highest BCUT2D eigenvalue weighted by atomic mass is 16.7. The Labute approximate surface area is 64.3 Å². The van der Waals surface area contributed by atoms with Crippen LogP contribution in [0.5, 0.6) is 0 Å². The summed E-state index contributed by atoms with van der Waals surface area (Å²) in [6.07, 6.45) is 0.533. The molecule has 11 heavy (non-hydrogen) atoms. The van der Waals surface area contributed by atoms with E-state index >= 15 is 0 Å². The standard InChI is InChI=1S/C6H10N2O3/c1-7-4-11-8-5(9)2-3-6(8)10/h7H,2-4H2,1H3. The van der Waals surface area contributed by atoms with Crippen molar-refractivity contribution in [3.05, 3.63) is 0 Å². The predicted octanol–water partition coefficient (Wildman–Crippen LogP) is -0.756. The summed E-state index contributed by atoms with van der Waals surface area (Å²) in [6.45, 7) is 0.178. The first-order chi connectivity index (χ1) is 5.25. The second-order valence-electron chi connectivity index (χ2n) is 2.21. The molecule has 0 saturated carbocycles. The third kappa shape index (κ3) is 1.75. The van der Waals surface area contributed by atoms with Crippen LogP contribution in [0.25, 0.3) is 0 Å². The van der Waals surface area contributed by atoms with Crippen LogP contribution < -0.4 is 5.32 Å². The maximum Gasteiger partial charge on any atom is 0.254 e. The van der Waals surface area contributed by atoms with Crippen molar-refractivity contribution in [2.45, 2.75) is 12.8 Å². The fourth-order valence-electron chi connectivity index (χ4n) is 0.829. The van der Waals surface area contributed by atoms with Gasteiger partial charge in [-0.2, -0.15) is 5.06 Å². The molecule has 5 heteroatoms. The molecule has 0 atom stereocenters. The van der Waals surface area contributed by atoms with Gasteiger partial charge in [0.2, 0.25) is 0 Å². The normalized spacial score (nSPS) is 18.1. The van der Waals surface area contributed by atoms with Crippen molar-refractivity contribution in [1.82, 2.24) is 10.4 Å². The number of carbonyl (C=O) groups excluding carboxylic acids is 2. The second kappa shape index (κ2) is 3.45. The van der Waals surface area contributed by atoms with Gasteiger partial charge in [0, 0.05) is 12.8 Å². The fraction of sp³-hybridized carbons (Fsp3) is 0.667. The number of nitrogens with one attached hydrogen (secondary N) is 1. The van der Waals surface area contributed by atoms with Crippen LogP contribution in [0.2, 0.25) is 0 Å². The van der Waals surface area contributed by atoms with Crippen LogP contribution in [-0.2, 0) is 14.4 Å². The average molecular weight is 158 g/mol. The maximum absolute atomic E-state index is 10.8. The van der Waals surface area contributed by atoms with Gasteiger partial charge >= 0.3 is 0 Å². The fourth-order valence-corrected chi connectivity index (χ4v) is 0.829. The molecule has 0 aromatic rings. The summed E-state index contributed by atoms with van der Waals surface area (Å²) in [6, 6.07) is 0. The molecule has 0 spiro atoms. The van der Waals surface area contributed by atoms with Gasteiger partial charge in [-0.25, -0.2) is 4.84 Å². The van der Waals surface area contributed by atoms with Crippen LogP contribution in [0.3, 0.4) is 0 Å². The van der Waals surface area contributed by atoms with Crippen molar-refractivity contribution in [3.8, 4) is 0 Å². The van der Waals surface area contributed by atoms with Crippen LogP contribution in [-0.4, -0.2) is 30.7 Å². The number of hydrogen-bond donors (Lipinski definition) is 1. The molecule has 2 amide bonds. The summed E-state index contributed by atoms with van der Waals surface area (Å²) in [5.74, 6) is -0.518. The summed E-state index contributed by atoms with van der Waals surface area (Å²) < 4.78 is 0. The molecule has 1 aliphatic heterocycles. The number of amides is 2. The lowest BCUT2D eigenvalue weighted by atomic mass is 10.4. The van der Waals surface area contributed by atoms with Crippen LogP contribution in [0.15, 0.2) is 0 Å². The first-order valence-electron chi connectivity index (χ1n) is 3.39.